The van der Waals surface area contributed by atoms with E-state index in [-0.39, 0.29) is 5.63 Å². The molecule has 0 aliphatic heterocycles. The zero-order valence-corrected chi connectivity index (χ0v) is 14.9. The molecule has 0 amide bonds. The molecule has 2 aromatic heterocycles. The number of hydrogen-bond acceptors (Lipinski definition) is 4. The van der Waals surface area contributed by atoms with Gasteiger partial charge in [0.1, 0.15) is 16.9 Å². The number of furan rings is 1. The van der Waals surface area contributed by atoms with Crippen molar-refractivity contribution < 1.29 is 8.83 Å². The van der Waals surface area contributed by atoms with Gasteiger partial charge in [-0.25, -0.2) is 4.79 Å². The van der Waals surface area contributed by atoms with E-state index in [1.807, 2.05) is 20.8 Å². The smallest absolute Gasteiger partial charge is 0.336 e. The number of hydrogen-bond donors (Lipinski definition) is 1. The Kier molecular flexibility index (Phi) is 4.76. The van der Waals surface area contributed by atoms with Gasteiger partial charge in [-0.3, -0.25) is 0 Å². The van der Waals surface area contributed by atoms with Crippen LogP contribution in [0.1, 0.15) is 48.6 Å². The molecule has 0 atom stereocenters. The van der Waals surface area contributed by atoms with Crippen LogP contribution in [-0.2, 0) is 6.54 Å². The summed E-state index contributed by atoms with van der Waals surface area (Å²) in [6.07, 6.45) is 3.67. The molecule has 4 heteroatoms. The molecule has 0 radical (unpaired) electrons. The first-order valence-corrected chi connectivity index (χ1v) is 8.69. The SMILES string of the molecule is CCCCCNCc1c(C)oc2c(C)c3oc(=O)cc(C)c3cc12. The topological polar surface area (TPSA) is 55.4 Å². The molecule has 0 fully saturated rings. The minimum absolute atomic E-state index is 0.316. The maximum Gasteiger partial charge on any atom is 0.336 e. The van der Waals surface area contributed by atoms with Gasteiger partial charge in [0.05, 0.1) is 0 Å². The number of fused-ring (bicyclic) bond motifs is 2. The molecule has 0 aliphatic carbocycles. The Bertz CT molecular complexity index is 934. The van der Waals surface area contributed by atoms with E-state index < -0.39 is 0 Å². The summed E-state index contributed by atoms with van der Waals surface area (Å²) in [5.41, 5.74) is 4.15. The van der Waals surface area contributed by atoms with E-state index in [4.69, 9.17) is 8.83 Å². The number of rotatable bonds is 6. The van der Waals surface area contributed by atoms with Crippen LogP contribution < -0.4 is 10.9 Å². The van der Waals surface area contributed by atoms with Crippen molar-refractivity contribution >= 4 is 21.9 Å². The summed E-state index contributed by atoms with van der Waals surface area (Å²) in [6, 6.07) is 3.64. The van der Waals surface area contributed by atoms with E-state index in [0.29, 0.717) is 5.58 Å². The van der Waals surface area contributed by atoms with E-state index >= 15 is 0 Å². The van der Waals surface area contributed by atoms with Crippen LogP contribution in [-0.4, -0.2) is 6.54 Å². The van der Waals surface area contributed by atoms with E-state index in [1.54, 1.807) is 6.07 Å². The molecule has 2 heterocycles. The third kappa shape index (κ3) is 2.98. The Morgan fingerprint density at radius 3 is 2.50 bits per heavy atom. The minimum atomic E-state index is -0.316. The lowest BCUT2D eigenvalue weighted by Gasteiger charge is -2.06. The van der Waals surface area contributed by atoms with Gasteiger partial charge in [0.25, 0.3) is 0 Å². The third-order valence-electron chi connectivity index (χ3n) is 4.69. The van der Waals surface area contributed by atoms with Crippen molar-refractivity contribution in [2.24, 2.45) is 0 Å². The van der Waals surface area contributed by atoms with Gasteiger partial charge in [0, 0.05) is 34.5 Å². The lowest BCUT2D eigenvalue weighted by atomic mass is 10.0. The van der Waals surface area contributed by atoms with Crippen molar-refractivity contribution in [3.8, 4) is 0 Å². The van der Waals surface area contributed by atoms with Crippen molar-refractivity contribution in [2.75, 3.05) is 6.54 Å². The quantitative estimate of drug-likeness (QED) is 0.524. The van der Waals surface area contributed by atoms with Crippen LogP contribution in [0.4, 0.5) is 0 Å². The van der Waals surface area contributed by atoms with Gasteiger partial charge in [-0.15, -0.1) is 0 Å². The average Bonchev–Trinajstić information content (AvgIpc) is 2.85. The molecule has 0 saturated heterocycles. The van der Waals surface area contributed by atoms with Crippen LogP contribution in [0.3, 0.4) is 0 Å². The summed E-state index contributed by atoms with van der Waals surface area (Å²) in [7, 11) is 0. The van der Waals surface area contributed by atoms with Crippen molar-refractivity contribution in [3.63, 3.8) is 0 Å². The van der Waals surface area contributed by atoms with Crippen molar-refractivity contribution in [3.05, 3.63) is 45.0 Å². The zero-order chi connectivity index (χ0) is 17.3. The summed E-state index contributed by atoms with van der Waals surface area (Å²) in [5.74, 6) is 0.923. The minimum Gasteiger partial charge on any atom is -0.461 e. The van der Waals surface area contributed by atoms with Gasteiger partial charge in [-0.05, 0) is 45.4 Å². The standard InChI is InChI=1S/C20H25NO3/c1-5-6-7-8-21-11-17-14(4)23-20-13(3)19-15(10-16(17)20)12(2)9-18(22)24-19/h9-10,21H,5-8,11H2,1-4H3. The Labute approximate surface area is 141 Å². The first-order chi connectivity index (χ1) is 11.5. The Balaban J connectivity index is 2.05. The molecular formula is C20H25NO3. The molecule has 0 spiro atoms. The molecule has 0 bridgehead atoms. The molecule has 0 unspecified atom stereocenters. The predicted molar refractivity (Wildman–Crippen MR) is 97.7 cm³/mol. The van der Waals surface area contributed by atoms with E-state index in [0.717, 1.165) is 46.3 Å². The van der Waals surface area contributed by atoms with Crippen molar-refractivity contribution in [2.45, 2.75) is 53.5 Å². The Morgan fingerprint density at radius 2 is 1.75 bits per heavy atom. The van der Waals surface area contributed by atoms with Crippen LogP contribution in [0.25, 0.3) is 21.9 Å². The van der Waals surface area contributed by atoms with Gasteiger partial charge < -0.3 is 14.2 Å². The summed E-state index contributed by atoms with van der Waals surface area (Å²) >= 11 is 0. The number of nitrogens with one attached hydrogen (secondary N) is 1. The van der Waals surface area contributed by atoms with Crippen LogP contribution in [0.15, 0.2) is 25.8 Å². The molecule has 0 saturated carbocycles. The molecular weight excluding hydrogens is 302 g/mol. The lowest BCUT2D eigenvalue weighted by molar-refractivity contribution is 0.547. The first kappa shape index (κ1) is 16.8. The first-order valence-electron chi connectivity index (χ1n) is 8.69. The fourth-order valence-corrected chi connectivity index (χ4v) is 3.28. The second-order valence-corrected chi connectivity index (χ2v) is 6.52. The van der Waals surface area contributed by atoms with Gasteiger partial charge in [-0.1, -0.05) is 19.8 Å². The van der Waals surface area contributed by atoms with Gasteiger partial charge in [0.2, 0.25) is 0 Å². The molecule has 3 aromatic rings. The van der Waals surface area contributed by atoms with E-state index in [1.165, 1.54) is 24.8 Å². The third-order valence-corrected chi connectivity index (χ3v) is 4.69. The zero-order valence-electron chi connectivity index (χ0n) is 14.9. The van der Waals surface area contributed by atoms with Gasteiger partial charge in [0.15, 0.2) is 0 Å². The largest absolute Gasteiger partial charge is 0.461 e. The molecule has 1 N–H and O–H groups in total. The monoisotopic (exact) mass is 327 g/mol. The number of benzene rings is 1. The molecule has 24 heavy (non-hydrogen) atoms. The second kappa shape index (κ2) is 6.81. The summed E-state index contributed by atoms with van der Waals surface area (Å²) in [6.45, 7) is 9.91. The molecule has 128 valence electrons. The normalized spacial score (nSPS) is 11.7. The van der Waals surface area contributed by atoms with Crippen LogP contribution in [0.5, 0.6) is 0 Å². The van der Waals surface area contributed by atoms with Crippen LogP contribution in [0, 0.1) is 20.8 Å². The Hall–Kier alpha value is -2.07. The molecule has 3 rings (SSSR count). The predicted octanol–water partition coefficient (Wildman–Crippen LogP) is 4.74. The van der Waals surface area contributed by atoms with Gasteiger partial charge >= 0.3 is 5.63 Å². The van der Waals surface area contributed by atoms with Crippen molar-refractivity contribution in [1.29, 1.82) is 0 Å². The maximum absolute atomic E-state index is 11.7. The highest BCUT2D eigenvalue weighted by Crippen LogP contribution is 2.34. The lowest BCUT2D eigenvalue weighted by Crippen LogP contribution is -2.14. The highest BCUT2D eigenvalue weighted by atomic mass is 16.4. The van der Waals surface area contributed by atoms with Gasteiger partial charge in [-0.2, -0.15) is 0 Å². The highest BCUT2D eigenvalue weighted by molar-refractivity contribution is 5.99. The van der Waals surface area contributed by atoms with Crippen molar-refractivity contribution in [1.82, 2.24) is 5.32 Å². The average molecular weight is 327 g/mol. The Morgan fingerprint density at radius 1 is 1.00 bits per heavy atom. The second-order valence-electron chi connectivity index (χ2n) is 6.52. The van der Waals surface area contributed by atoms with Crippen LogP contribution >= 0.6 is 0 Å². The fraction of sp³-hybridized carbons (Fsp3) is 0.450. The molecule has 0 aliphatic rings. The highest BCUT2D eigenvalue weighted by Gasteiger charge is 2.17. The summed E-state index contributed by atoms with van der Waals surface area (Å²) in [5, 5.41) is 5.60. The summed E-state index contributed by atoms with van der Waals surface area (Å²) in [4.78, 5) is 11.7. The summed E-state index contributed by atoms with van der Waals surface area (Å²) < 4.78 is 11.4. The maximum atomic E-state index is 11.7. The number of unbranched alkanes of at least 4 members (excludes halogenated alkanes) is 2. The van der Waals surface area contributed by atoms with E-state index in [9.17, 15) is 4.79 Å². The number of aryl methyl sites for hydroxylation is 3. The van der Waals surface area contributed by atoms with Crippen LogP contribution in [0.2, 0.25) is 0 Å². The molecule has 4 nitrogen and oxygen atoms in total. The molecule has 1 aromatic carbocycles. The van der Waals surface area contributed by atoms with E-state index in [2.05, 4.69) is 18.3 Å². The fourth-order valence-electron chi connectivity index (χ4n) is 3.28.